The van der Waals surface area contributed by atoms with E-state index in [-0.39, 0.29) is 23.2 Å². The number of amides is 1. The number of rotatable bonds is 3. The van der Waals surface area contributed by atoms with E-state index >= 15 is 0 Å². The first kappa shape index (κ1) is 12.5. The number of para-hydroxylation sites is 1. The van der Waals surface area contributed by atoms with Crippen LogP contribution in [0.2, 0.25) is 0 Å². The Labute approximate surface area is 105 Å². The first-order chi connectivity index (χ1) is 8.61. The molecule has 0 aromatic heterocycles. The summed E-state index contributed by atoms with van der Waals surface area (Å²) in [5.41, 5.74) is 0.0113. The van der Waals surface area contributed by atoms with Crippen molar-refractivity contribution in [2.24, 2.45) is 0 Å². The Balaban J connectivity index is 2.25. The van der Waals surface area contributed by atoms with Gasteiger partial charge in [0.1, 0.15) is 5.56 Å². The number of carbonyl (C=O) groups is 1. The maximum atomic E-state index is 12.3. The van der Waals surface area contributed by atoms with Gasteiger partial charge in [-0.05, 0) is 19.0 Å². The molecule has 96 valence electrons. The lowest BCUT2D eigenvalue weighted by atomic mass is 10.1. The lowest BCUT2D eigenvalue weighted by molar-refractivity contribution is -0.385. The molecule has 18 heavy (non-hydrogen) atoms. The molecular weight excluding hydrogens is 234 g/mol. The molecule has 1 aromatic carbocycles. The maximum absolute atomic E-state index is 12.3. The Hall–Kier alpha value is -1.95. The average molecular weight is 249 g/mol. The molecule has 1 aliphatic rings. The van der Waals surface area contributed by atoms with Gasteiger partial charge in [0.2, 0.25) is 0 Å². The predicted molar refractivity (Wildman–Crippen MR) is 66.5 cm³/mol. The second kappa shape index (κ2) is 5.14. The molecule has 1 amide bonds. The summed E-state index contributed by atoms with van der Waals surface area (Å²) < 4.78 is 0. The molecule has 1 N–H and O–H groups in total. The van der Waals surface area contributed by atoms with E-state index in [2.05, 4.69) is 5.32 Å². The first-order valence-corrected chi connectivity index (χ1v) is 5.82. The summed E-state index contributed by atoms with van der Waals surface area (Å²) in [4.78, 5) is 24.2. The summed E-state index contributed by atoms with van der Waals surface area (Å²) in [5, 5.41) is 14.1. The molecule has 0 bridgehead atoms. The van der Waals surface area contributed by atoms with Crippen molar-refractivity contribution in [3.05, 3.63) is 39.9 Å². The van der Waals surface area contributed by atoms with Crippen LogP contribution in [0.1, 0.15) is 16.8 Å². The van der Waals surface area contributed by atoms with Crippen LogP contribution in [-0.2, 0) is 0 Å². The highest BCUT2D eigenvalue weighted by Crippen LogP contribution is 2.20. The van der Waals surface area contributed by atoms with Crippen molar-refractivity contribution in [1.29, 1.82) is 0 Å². The van der Waals surface area contributed by atoms with Crippen LogP contribution < -0.4 is 5.32 Å². The van der Waals surface area contributed by atoms with Gasteiger partial charge in [-0.1, -0.05) is 12.1 Å². The summed E-state index contributed by atoms with van der Waals surface area (Å²) in [6.45, 7) is 1.61. The quantitative estimate of drug-likeness (QED) is 0.641. The van der Waals surface area contributed by atoms with Crippen LogP contribution in [0.3, 0.4) is 0 Å². The lowest BCUT2D eigenvalue weighted by Gasteiger charge is -2.23. The molecule has 1 aromatic rings. The molecule has 6 nitrogen and oxygen atoms in total. The number of benzene rings is 1. The van der Waals surface area contributed by atoms with Crippen molar-refractivity contribution in [1.82, 2.24) is 10.2 Å². The highest BCUT2D eigenvalue weighted by molar-refractivity contribution is 5.98. The van der Waals surface area contributed by atoms with Crippen LogP contribution >= 0.6 is 0 Å². The van der Waals surface area contributed by atoms with Crippen molar-refractivity contribution in [2.75, 3.05) is 20.1 Å². The topological polar surface area (TPSA) is 75.5 Å². The summed E-state index contributed by atoms with van der Waals surface area (Å²) in [5.74, 6) is -0.295. The normalized spacial score (nSPS) is 18.6. The summed E-state index contributed by atoms with van der Waals surface area (Å²) in [7, 11) is 1.69. The van der Waals surface area contributed by atoms with Gasteiger partial charge in [-0.3, -0.25) is 14.9 Å². The number of hydrogen-bond acceptors (Lipinski definition) is 4. The Morgan fingerprint density at radius 1 is 1.50 bits per heavy atom. The molecule has 1 heterocycles. The Bertz CT molecular complexity index is 469. The van der Waals surface area contributed by atoms with Crippen LogP contribution in [0, 0.1) is 10.1 Å². The van der Waals surface area contributed by atoms with E-state index in [9.17, 15) is 14.9 Å². The van der Waals surface area contributed by atoms with E-state index in [4.69, 9.17) is 0 Å². The van der Waals surface area contributed by atoms with E-state index < -0.39 is 4.92 Å². The molecule has 1 saturated heterocycles. The minimum atomic E-state index is -0.520. The van der Waals surface area contributed by atoms with Crippen LogP contribution in [0.25, 0.3) is 0 Å². The molecule has 1 fully saturated rings. The monoisotopic (exact) mass is 249 g/mol. The van der Waals surface area contributed by atoms with Crippen molar-refractivity contribution in [2.45, 2.75) is 12.5 Å². The predicted octanol–water partition coefficient (Wildman–Crippen LogP) is 1.03. The molecule has 1 unspecified atom stereocenters. The maximum Gasteiger partial charge on any atom is 0.282 e. The van der Waals surface area contributed by atoms with E-state index in [1.165, 1.54) is 12.1 Å². The van der Waals surface area contributed by atoms with Crippen molar-refractivity contribution in [3.8, 4) is 0 Å². The van der Waals surface area contributed by atoms with Gasteiger partial charge in [0.25, 0.3) is 11.6 Å². The van der Waals surface area contributed by atoms with Gasteiger partial charge in [-0.2, -0.15) is 0 Å². The number of nitrogens with zero attached hydrogens (tertiary/aromatic N) is 2. The van der Waals surface area contributed by atoms with Crippen LogP contribution in [0.5, 0.6) is 0 Å². The molecule has 0 aliphatic carbocycles. The minimum absolute atomic E-state index is 0.109. The molecule has 1 atom stereocenters. The van der Waals surface area contributed by atoms with Gasteiger partial charge in [0, 0.05) is 25.7 Å². The average Bonchev–Trinajstić information content (AvgIpc) is 2.90. The molecule has 0 saturated carbocycles. The van der Waals surface area contributed by atoms with E-state index in [1.807, 2.05) is 0 Å². The Morgan fingerprint density at radius 2 is 2.22 bits per heavy atom. The molecule has 1 aliphatic heterocycles. The zero-order chi connectivity index (χ0) is 13.1. The zero-order valence-electron chi connectivity index (χ0n) is 10.1. The molecular formula is C12H15N3O3. The lowest BCUT2D eigenvalue weighted by Crippen LogP contribution is -2.38. The smallest absolute Gasteiger partial charge is 0.282 e. The van der Waals surface area contributed by atoms with Crippen LogP contribution in [-0.4, -0.2) is 41.9 Å². The van der Waals surface area contributed by atoms with E-state index in [0.29, 0.717) is 0 Å². The second-order valence-corrected chi connectivity index (χ2v) is 4.34. The summed E-state index contributed by atoms with van der Waals surface area (Å²) >= 11 is 0. The van der Waals surface area contributed by atoms with Gasteiger partial charge in [-0.25, -0.2) is 0 Å². The minimum Gasteiger partial charge on any atom is -0.337 e. The third-order valence-electron chi connectivity index (χ3n) is 3.23. The zero-order valence-corrected chi connectivity index (χ0v) is 10.1. The molecule has 0 radical (unpaired) electrons. The summed E-state index contributed by atoms with van der Waals surface area (Å²) in [6, 6.07) is 6.16. The van der Waals surface area contributed by atoms with Gasteiger partial charge in [-0.15, -0.1) is 0 Å². The largest absolute Gasteiger partial charge is 0.337 e. The molecule has 6 heteroatoms. The molecule has 2 rings (SSSR count). The Morgan fingerprint density at radius 3 is 2.83 bits per heavy atom. The SMILES string of the molecule is CN(C(=O)c1ccccc1[N+](=O)[O-])C1CCNC1. The van der Waals surface area contributed by atoms with Crippen molar-refractivity contribution >= 4 is 11.6 Å². The van der Waals surface area contributed by atoms with Crippen molar-refractivity contribution in [3.63, 3.8) is 0 Å². The van der Waals surface area contributed by atoms with Gasteiger partial charge in [0.05, 0.1) is 4.92 Å². The third kappa shape index (κ3) is 2.33. The number of nitro groups is 1. The number of nitrogens with one attached hydrogen (secondary N) is 1. The molecule has 0 spiro atoms. The fourth-order valence-corrected chi connectivity index (χ4v) is 2.14. The Kier molecular flexibility index (Phi) is 3.57. The third-order valence-corrected chi connectivity index (χ3v) is 3.23. The van der Waals surface area contributed by atoms with Gasteiger partial charge >= 0.3 is 0 Å². The fraction of sp³-hybridized carbons (Fsp3) is 0.417. The summed E-state index contributed by atoms with van der Waals surface area (Å²) in [6.07, 6.45) is 0.878. The first-order valence-electron chi connectivity index (χ1n) is 5.82. The van der Waals surface area contributed by atoms with Gasteiger partial charge in [0.15, 0.2) is 0 Å². The number of nitro benzene ring substituents is 1. The van der Waals surface area contributed by atoms with Crippen LogP contribution in [0.15, 0.2) is 24.3 Å². The van der Waals surface area contributed by atoms with Gasteiger partial charge < -0.3 is 10.2 Å². The van der Waals surface area contributed by atoms with E-state index in [1.54, 1.807) is 24.1 Å². The number of likely N-dealkylation sites (N-methyl/N-ethyl adjacent to an activating group) is 1. The number of carbonyl (C=O) groups excluding carboxylic acids is 1. The van der Waals surface area contributed by atoms with Crippen LogP contribution in [0.4, 0.5) is 5.69 Å². The standard InChI is InChI=1S/C12H15N3O3/c1-14(9-6-7-13-8-9)12(16)10-4-2-3-5-11(10)15(17)18/h2-5,9,13H,6-8H2,1H3. The second-order valence-electron chi connectivity index (χ2n) is 4.34. The highest BCUT2D eigenvalue weighted by atomic mass is 16.6. The highest BCUT2D eigenvalue weighted by Gasteiger charge is 2.28. The fourth-order valence-electron chi connectivity index (χ4n) is 2.14. The van der Waals surface area contributed by atoms with Crippen molar-refractivity contribution < 1.29 is 9.72 Å². The number of hydrogen-bond donors (Lipinski definition) is 1. The van der Waals surface area contributed by atoms with E-state index in [0.717, 1.165) is 19.5 Å².